The SMILES string of the molecule is N#Cc1c(N)sc2c(F)ccc(-c3c(Cl)cc4c(N5C[C@H]6CC[C@@H](C5)N6C5COC5)nc(OC[C@@]56CCCN5C[C@H](F)C6)nc4c3F)c12. The molecule has 0 spiro atoms. The molecule has 2 bridgehead atoms. The maximum atomic E-state index is 17.1. The third-order valence-electron chi connectivity index (χ3n) is 11.2. The minimum absolute atomic E-state index is 0.00585. The summed E-state index contributed by atoms with van der Waals surface area (Å²) in [5, 5.41) is 10.8. The van der Waals surface area contributed by atoms with Crippen molar-refractivity contribution in [2.75, 3.05) is 56.6 Å². The number of benzene rings is 2. The summed E-state index contributed by atoms with van der Waals surface area (Å²) in [4.78, 5) is 16.4. The fraction of sp³-hybridized carbons (Fsp3) is 0.500. The van der Waals surface area contributed by atoms with Gasteiger partial charge in [0.15, 0.2) is 5.82 Å². The minimum Gasteiger partial charge on any atom is -0.461 e. The van der Waals surface area contributed by atoms with E-state index in [4.69, 9.17) is 31.8 Å². The van der Waals surface area contributed by atoms with E-state index in [1.165, 1.54) is 12.1 Å². The van der Waals surface area contributed by atoms with E-state index in [1.54, 1.807) is 6.07 Å². The molecule has 0 unspecified atom stereocenters. The lowest BCUT2D eigenvalue weighted by Crippen LogP contribution is -2.62. The van der Waals surface area contributed by atoms with Crippen LogP contribution in [0, 0.1) is 23.0 Å². The van der Waals surface area contributed by atoms with E-state index >= 15 is 4.39 Å². The number of nitrogens with zero attached hydrogens (tertiary/aromatic N) is 6. The number of aromatic nitrogens is 2. The van der Waals surface area contributed by atoms with Gasteiger partial charge < -0.3 is 20.1 Å². The van der Waals surface area contributed by atoms with Crippen LogP contribution in [0.2, 0.25) is 5.02 Å². The molecular weight excluding hydrogens is 663 g/mol. The number of rotatable bonds is 6. The fourth-order valence-corrected chi connectivity index (χ4v) is 10.2. The van der Waals surface area contributed by atoms with Crippen LogP contribution in [-0.4, -0.2) is 95.6 Å². The van der Waals surface area contributed by atoms with Crippen LogP contribution in [0.3, 0.4) is 0 Å². The van der Waals surface area contributed by atoms with Crippen LogP contribution in [0.4, 0.5) is 24.0 Å². The molecule has 0 amide bonds. The molecule has 2 N–H and O–H groups in total. The molecule has 48 heavy (non-hydrogen) atoms. The molecule has 7 heterocycles. The summed E-state index contributed by atoms with van der Waals surface area (Å²) in [5.74, 6) is -0.762. The average molecular weight is 696 g/mol. The van der Waals surface area contributed by atoms with Crippen molar-refractivity contribution in [3.05, 3.63) is 40.4 Å². The molecule has 0 saturated carbocycles. The average Bonchev–Trinajstić information content (AvgIpc) is 3.74. The Hall–Kier alpha value is -3.41. The van der Waals surface area contributed by atoms with Crippen molar-refractivity contribution >= 4 is 54.7 Å². The summed E-state index contributed by atoms with van der Waals surface area (Å²) in [7, 11) is 0. The monoisotopic (exact) mass is 695 g/mol. The summed E-state index contributed by atoms with van der Waals surface area (Å²) < 4.78 is 58.5. The van der Waals surface area contributed by atoms with Crippen LogP contribution < -0.4 is 15.4 Å². The molecule has 250 valence electrons. The predicted octanol–water partition coefficient (Wildman–Crippen LogP) is 5.90. The molecule has 0 radical (unpaired) electrons. The highest BCUT2D eigenvalue weighted by Crippen LogP contribution is 2.47. The van der Waals surface area contributed by atoms with Gasteiger partial charge in [-0.3, -0.25) is 9.80 Å². The lowest BCUT2D eigenvalue weighted by molar-refractivity contribution is -0.0850. The van der Waals surface area contributed by atoms with Crippen molar-refractivity contribution < 1.29 is 22.6 Å². The molecule has 9 nitrogen and oxygen atoms in total. The van der Waals surface area contributed by atoms with Crippen molar-refractivity contribution in [3.63, 3.8) is 0 Å². The summed E-state index contributed by atoms with van der Waals surface area (Å²) in [6, 6.07) is 7.38. The van der Waals surface area contributed by atoms with E-state index < -0.39 is 23.3 Å². The van der Waals surface area contributed by atoms with Crippen molar-refractivity contribution in [1.82, 2.24) is 19.8 Å². The normalized spacial score (nSPS) is 27.6. The standard InChI is InChI=1S/C34H33ClF3N7O2S/c35-24-8-22-29(28(38)27(24)21-4-5-25(37)30-26(21)23(10-39)31(40)48-30)41-33(47-16-34-6-1-7-44(34)11-17(36)9-34)42-32(22)43-12-18-2-3-19(13-43)45(18)20-14-46-15-20/h4-5,8,17-20H,1-3,6-7,9,11-16,40H2/t17-,18-,19+,34+/m1/s1. The molecule has 4 atom stereocenters. The predicted molar refractivity (Wildman–Crippen MR) is 178 cm³/mol. The van der Waals surface area contributed by atoms with Crippen LogP contribution in [0.1, 0.15) is 37.7 Å². The highest BCUT2D eigenvalue weighted by Gasteiger charge is 2.50. The van der Waals surface area contributed by atoms with Gasteiger partial charge in [0.05, 0.1) is 40.1 Å². The van der Waals surface area contributed by atoms with E-state index in [2.05, 4.69) is 19.7 Å². The van der Waals surface area contributed by atoms with Gasteiger partial charge in [0.25, 0.3) is 0 Å². The van der Waals surface area contributed by atoms with Gasteiger partial charge in [0, 0.05) is 54.5 Å². The Morgan fingerprint density at radius 1 is 1.15 bits per heavy atom. The largest absolute Gasteiger partial charge is 0.461 e. The maximum absolute atomic E-state index is 17.1. The first-order valence-electron chi connectivity index (χ1n) is 16.5. The summed E-state index contributed by atoms with van der Waals surface area (Å²) >= 11 is 7.84. The van der Waals surface area contributed by atoms with Crippen molar-refractivity contribution in [2.24, 2.45) is 0 Å². The number of thiophene rings is 1. The Morgan fingerprint density at radius 3 is 2.67 bits per heavy atom. The van der Waals surface area contributed by atoms with Gasteiger partial charge >= 0.3 is 6.01 Å². The number of nitrogen functional groups attached to an aromatic ring is 1. The number of ether oxygens (including phenoxy) is 2. The zero-order valence-corrected chi connectivity index (χ0v) is 27.6. The van der Waals surface area contributed by atoms with Crippen LogP contribution in [0.25, 0.3) is 32.1 Å². The Kier molecular flexibility index (Phi) is 7.22. The van der Waals surface area contributed by atoms with Gasteiger partial charge in [-0.2, -0.15) is 15.2 Å². The molecule has 9 rings (SSSR count). The van der Waals surface area contributed by atoms with Crippen molar-refractivity contribution in [2.45, 2.75) is 61.9 Å². The van der Waals surface area contributed by atoms with Gasteiger partial charge in [0.2, 0.25) is 0 Å². The van der Waals surface area contributed by atoms with E-state index in [1.807, 2.05) is 6.07 Å². The lowest BCUT2D eigenvalue weighted by Gasteiger charge is -2.48. The van der Waals surface area contributed by atoms with Gasteiger partial charge in [-0.1, -0.05) is 17.7 Å². The Bertz CT molecular complexity index is 2010. The molecule has 2 aromatic heterocycles. The maximum Gasteiger partial charge on any atom is 0.319 e. The first-order chi connectivity index (χ1) is 23.2. The van der Waals surface area contributed by atoms with Crippen LogP contribution in [-0.2, 0) is 4.74 Å². The minimum atomic E-state index is -0.922. The smallest absolute Gasteiger partial charge is 0.319 e. The number of nitrogens with two attached hydrogens (primary N) is 1. The number of anilines is 2. The van der Waals surface area contributed by atoms with E-state index in [-0.39, 0.29) is 54.9 Å². The second-order valence-corrected chi connectivity index (χ2v) is 15.3. The quantitative estimate of drug-likeness (QED) is 0.264. The number of alkyl halides is 1. The summed E-state index contributed by atoms with van der Waals surface area (Å²) in [5.41, 5.74) is 5.96. The molecule has 0 aliphatic carbocycles. The number of hydrogen-bond acceptors (Lipinski definition) is 10. The van der Waals surface area contributed by atoms with Crippen molar-refractivity contribution in [3.8, 4) is 23.2 Å². The van der Waals surface area contributed by atoms with Gasteiger partial charge in [0.1, 0.15) is 41.0 Å². The third kappa shape index (κ3) is 4.60. The van der Waals surface area contributed by atoms with E-state index in [9.17, 15) is 14.0 Å². The molecule has 5 aliphatic rings. The summed E-state index contributed by atoms with van der Waals surface area (Å²) in [6.07, 6.45) is 3.33. The number of piperazine rings is 1. The van der Waals surface area contributed by atoms with E-state index in [0.29, 0.717) is 55.4 Å². The zero-order chi connectivity index (χ0) is 32.9. The molecule has 5 fully saturated rings. The number of halogens is 4. The van der Waals surface area contributed by atoms with Gasteiger partial charge in [-0.05, 0) is 49.9 Å². The molecule has 5 aliphatic heterocycles. The molecule has 14 heteroatoms. The molecule has 5 saturated heterocycles. The molecular formula is C34H33ClF3N7O2S. The van der Waals surface area contributed by atoms with Gasteiger partial charge in [-0.15, -0.1) is 11.3 Å². The number of nitriles is 1. The first-order valence-corrected chi connectivity index (χ1v) is 17.7. The van der Waals surface area contributed by atoms with Crippen LogP contribution in [0.5, 0.6) is 6.01 Å². The van der Waals surface area contributed by atoms with Crippen LogP contribution >= 0.6 is 22.9 Å². The van der Waals surface area contributed by atoms with E-state index in [0.717, 1.165) is 56.8 Å². The third-order valence-corrected chi connectivity index (χ3v) is 12.5. The molecule has 2 aromatic carbocycles. The fourth-order valence-electron chi connectivity index (χ4n) is 8.97. The van der Waals surface area contributed by atoms with Gasteiger partial charge in [-0.25, -0.2) is 13.2 Å². The van der Waals surface area contributed by atoms with Crippen molar-refractivity contribution in [1.29, 1.82) is 5.26 Å². The highest BCUT2D eigenvalue weighted by molar-refractivity contribution is 7.23. The zero-order valence-electron chi connectivity index (χ0n) is 26.0. The lowest BCUT2D eigenvalue weighted by atomic mass is 9.95. The number of hydrogen-bond donors (Lipinski definition) is 1. The second kappa shape index (κ2) is 11.3. The summed E-state index contributed by atoms with van der Waals surface area (Å²) in [6.45, 7) is 4.25. The highest BCUT2D eigenvalue weighted by atomic mass is 35.5. The Balaban J connectivity index is 1.18. The second-order valence-electron chi connectivity index (χ2n) is 13.8. The number of fused-ring (bicyclic) bond motifs is 5. The first kappa shape index (κ1) is 30.6. The topological polar surface area (TPSA) is 104 Å². The Labute approximate surface area is 284 Å². The van der Waals surface area contributed by atoms with Crippen LogP contribution in [0.15, 0.2) is 18.2 Å². The Morgan fingerprint density at radius 2 is 1.94 bits per heavy atom. The molecule has 4 aromatic rings.